The molecule has 0 aliphatic carbocycles. The van der Waals surface area contributed by atoms with E-state index >= 15 is 0 Å². The molecule has 2 rings (SSSR count). The molecule has 0 saturated carbocycles. The van der Waals surface area contributed by atoms with E-state index in [0.717, 1.165) is 39.0 Å². The number of aromatic hydroxyl groups is 1. The molecule has 2 N–H and O–H groups in total. The SMILES string of the molecule is CCC[C@@H](c1cc(Br)cc([N+](=O)[O-])c1O)N1CCNCC1.Cl.Cl. The van der Waals surface area contributed by atoms with E-state index in [1.54, 1.807) is 6.07 Å². The lowest BCUT2D eigenvalue weighted by atomic mass is 9.98. The zero-order valence-electron chi connectivity index (χ0n) is 12.8. The standard InChI is InChI=1S/C14H20BrN3O3.2ClH/c1-2-3-12(17-6-4-16-5-7-17)11-8-10(15)9-13(14(11)19)18(20)21;;/h8-9,12,16,19H,2-7H2,1H3;2*1H/t12-;;/m0../s1. The van der Waals surface area contributed by atoms with Crippen LogP contribution in [0, 0.1) is 10.1 Å². The normalized spacial score (nSPS) is 16.1. The molecule has 0 radical (unpaired) electrons. The second-order valence-corrected chi connectivity index (χ2v) is 6.13. The summed E-state index contributed by atoms with van der Waals surface area (Å²) in [6.07, 6.45) is 1.81. The molecule has 1 heterocycles. The Kier molecular flexibility index (Phi) is 10.0. The van der Waals surface area contributed by atoms with Crippen LogP contribution < -0.4 is 5.32 Å². The van der Waals surface area contributed by atoms with Gasteiger partial charge in [0.2, 0.25) is 0 Å². The van der Waals surface area contributed by atoms with Gasteiger partial charge >= 0.3 is 5.69 Å². The summed E-state index contributed by atoms with van der Waals surface area (Å²) < 4.78 is 0.623. The Morgan fingerprint density at radius 3 is 2.52 bits per heavy atom. The largest absolute Gasteiger partial charge is 0.502 e. The summed E-state index contributed by atoms with van der Waals surface area (Å²) in [6, 6.07) is 3.15. The van der Waals surface area contributed by atoms with Crippen LogP contribution in [0.3, 0.4) is 0 Å². The number of piperazine rings is 1. The Morgan fingerprint density at radius 2 is 2.00 bits per heavy atom. The molecule has 6 nitrogen and oxygen atoms in total. The first kappa shape index (κ1) is 22.4. The maximum atomic E-state index is 11.1. The van der Waals surface area contributed by atoms with Crippen LogP contribution in [0.25, 0.3) is 0 Å². The zero-order valence-corrected chi connectivity index (χ0v) is 16.0. The molecule has 0 spiro atoms. The fourth-order valence-electron chi connectivity index (χ4n) is 2.80. The molecule has 9 heteroatoms. The number of phenolic OH excluding ortho intramolecular Hbond substituents is 1. The number of phenols is 1. The van der Waals surface area contributed by atoms with Gasteiger partial charge in [0.1, 0.15) is 0 Å². The predicted octanol–water partition coefficient (Wildman–Crippen LogP) is 3.65. The summed E-state index contributed by atoms with van der Waals surface area (Å²) in [7, 11) is 0. The minimum Gasteiger partial charge on any atom is -0.502 e. The topological polar surface area (TPSA) is 78.6 Å². The van der Waals surface area contributed by atoms with Crippen LogP contribution in [-0.4, -0.2) is 41.1 Å². The minimum atomic E-state index is -0.537. The molecule has 0 unspecified atom stereocenters. The Morgan fingerprint density at radius 1 is 1.39 bits per heavy atom. The molecule has 23 heavy (non-hydrogen) atoms. The smallest absolute Gasteiger partial charge is 0.312 e. The van der Waals surface area contributed by atoms with Crippen molar-refractivity contribution in [3.05, 3.63) is 32.3 Å². The first-order valence-electron chi connectivity index (χ1n) is 7.16. The van der Waals surface area contributed by atoms with Crippen molar-refractivity contribution in [1.29, 1.82) is 0 Å². The molecule has 0 aromatic heterocycles. The molecule has 1 aromatic carbocycles. The van der Waals surface area contributed by atoms with Gasteiger partial charge in [-0.2, -0.15) is 0 Å². The van der Waals surface area contributed by atoms with E-state index in [4.69, 9.17) is 0 Å². The van der Waals surface area contributed by atoms with Crippen molar-refractivity contribution in [1.82, 2.24) is 10.2 Å². The number of halogens is 3. The van der Waals surface area contributed by atoms with Gasteiger partial charge in [-0.3, -0.25) is 15.0 Å². The van der Waals surface area contributed by atoms with Gasteiger partial charge in [-0.15, -0.1) is 24.8 Å². The molecule has 1 aromatic rings. The van der Waals surface area contributed by atoms with E-state index in [1.807, 2.05) is 0 Å². The van der Waals surface area contributed by atoms with Gasteiger partial charge in [0, 0.05) is 48.3 Å². The highest BCUT2D eigenvalue weighted by Crippen LogP contribution is 2.40. The molecular weight excluding hydrogens is 409 g/mol. The molecule has 1 aliphatic heterocycles. The van der Waals surface area contributed by atoms with E-state index in [9.17, 15) is 15.2 Å². The van der Waals surface area contributed by atoms with Crippen LogP contribution >= 0.6 is 40.7 Å². The summed E-state index contributed by atoms with van der Waals surface area (Å²) in [5.74, 6) is -0.208. The maximum absolute atomic E-state index is 11.1. The van der Waals surface area contributed by atoms with Crippen LogP contribution in [-0.2, 0) is 0 Å². The molecular formula is C14H22BrCl2N3O3. The third-order valence-electron chi connectivity index (χ3n) is 3.79. The molecule has 1 aliphatic rings. The van der Waals surface area contributed by atoms with E-state index in [2.05, 4.69) is 33.1 Å². The Balaban J connectivity index is 0.00000242. The van der Waals surface area contributed by atoms with Crippen molar-refractivity contribution >= 4 is 46.4 Å². The predicted molar refractivity (Wildman–Crippen MR) is 99.0 cm³/mol. The fraction of sp³-hybridized carbons (Fsp3) is 0.571. The summed E-state index contributed by atoms with van der Waals surface area (Å²) >= 11 is 3.31. The second kappa shape index (κ2) is 10.3. The highest BCUT2D eigenvalue weighted by molar-refractivity contribution is 9.10. The maximum Gasteiger partial charge on any atom is 0.312 e. The number of nitrogens with one attached hydrogen (secondary N) is 1. The van der Waals surface area contributed by atoms with Crippen molar-refractivity contribution in [2.45, 2.75) is 25.8 Å². The lowest BCUT2D eigenvalue weighted by Gasteiger charge is -2.35. The third-order valence-corrected chi connectivity index (χ3v) is 4.25. The molecule has 1 fully saturated rings. The average molecular weight is 431 g/mol. The van der Waals surface area contributed by atoms with Crippen molar-refractivity contribution in [3.63, 3.8) is 0 Å². The van der Waals surface area contributed by atoms with Gasteiger partial charge in [0.25, 0.3) is 0 Å². The highest BCUT2D eigenvalue weighted by Gasteiger charge is 2.28. The van der Waals surface area contributed by atoms with Crippen LogP contribution in [0.4, 0.5) is 5.69 Å². The number of nitro groups is 1. The zero-order chi connectivity index (χ0) is 15.4. The Hall–Kier alpha value is -0.600. The van der Waals surface area contributed by atoms with Gasteiger partial charge in [-0.05, 0) is 12.5 Å². The van der Waals surface area contributed by atoms with Gasteiger partial charge in [-0.25, -0.2) is 0 Å². The van der Waals surface area contributed by atoms with E-state index in [0.29, 0.717) is 10.0 Å². The summed E-state index contributed by atoms with van der Waals surface area (Å²) in [6.45, 7) is 5.64. The highest BCUT2D eigenvalue weighted by atomic mass is 79.9. The molecule has 1 saturated heterocycles. The minimum absolute atomic E-state index is 0. The summed E-state index contributed by atoms with van der Waals surface area (Å²) in [5.41, 5.74) is 0.399. The third kappa shape index (κ3) is 5.46. The second-order valence-electron chi connectivity index (χ2n) is 5.21. The van der Waals surface area contributed by atoms with Crippen molar-refractivity contribution in [2.24, 2.45) is 0 Å². The fourth-order valence-corrected chi connectivity index (χ4v) is 3.26. The van der Waals surface area contributed by atoms with Gasteiger partial charge in [-0.1, -0.05) is 29.3 Å². The quantitative estimate of drug-likeness (QED) is 0.550. The lowest BCUT2D eigenvalue weighted by molar-refractivity contribution is -0.386. The summed E-state index contributed by atoms with van der Waals surface area (Å²) in [4.78, 5) is 12.8. The number of nitrogens with zero attached hydrogens (tertiary/aromatic N) is 2. The van der Waals surface area contributed by atoms with Crippen molar-refractivity contribution in [3.8, 4) is 5.75 Å². The summed E-state index contributed by atoms with van der Waals surface area (Å²) in [5, 5.41) is 24.7. The molecule has 1 atom stereocenters. The van der Waals surface area contributed by atoms with E-state index < -0.39 is 4.92 Å². The number of hydrogen-bond acceptors (Lipinski definition) is 5. The van der Waals surface area contributed by atoms with Crippen molar-refractivity contribution < 1.29 is 10.0 Å². The lowest BCUT2D eigenvalue weighted by Crippen LogP contribution is -2.45. The van der Waals surface area contributed by atoms with Gasteiger partial charge in [0.05, 0.1) is 4.92 Å². The molecule has 0 amide bonds. The Bertz CT molecular complexity index is 528. The van der Waals surface area contributed by atoms with Crippen LogP contribution in [0.1, 0.15) is 31.4 Å². The number of rotatable bonds is 5. The monoisotopic (exact) mass is 429 g/mol. The van der Waals surface area contributed by atoms with Crippen LogP contribution in [0.15, 0.2) is 16.6 Å². The molecule has 132 valence electrons. The van der Waals surface area contributed by atoms with Gasteiger partial charge < -0.3 is 10.4 Å². The number of hydrogen-bond donors (Lipinski definition) is 2. The number of nitro benzene ring substituents is 1. The van der Waals surface area contributed by atoms with Crippen LogP contribution in [0.2, 0.25) is 0 Å². The first-order chi connectivity index (χ1) is 10.0. The average Bonchev–Trinajstić information content (AvgIpc) is 2.47. The van der Waals surface area contributed by atoms with E-state index in [1.165, 1.54) is 6.07 Å². The van der Waals surface area contributed by atoms with E-state index in [-0.39, 0.29) is 42.3 Å². The van der Waals surface area contributed by atoms with Gasteiger partial charge in [0.15, 0.2) is 5.75 Å². The molecule has 0 bridgehead atoms. The van der Waals surface area contributed by atoms with Crippen LogP contribution in [0.5, 0.6) is 5.75 Å². The first-order valence-corrected chi connectivity index (χ1v) is 7.95. The van der Waals surface area contributed by atoms with Crippen molar-refractivity contribution in [2.75, 3.05) is 26.2 Å². The number of benzene rings is 1. The Labute approximate surface area is 156 Å².